The van der Waals surface area contributed by atoms with Crippen LogP contribution in [0, 0.1) is 11.8 Å². The highest BCUT2D eigenvalue weighted by molar-refractivity contribution is 7.88. The first-order valence-corrected chi connectivity index (χ1v) is 7.28. The van der Waals surface area contributed by atoms with Crippen LogP contribution in [-0.2, 0) is 14.9 Å². The zero-order valence-electron chi connectivity index (χ0n) is 11.3. The van der Waals surface area contributed by atoms with Crippen LogP contribution >= 0.6 is 0 Å². The van der Waals surface area contributed by atoms with Gasteiger partial charge in [-0.25, -0.2) is 0 Å². The van der Waals surface area contributed by atoms with Crippen molar-refractivity contribution in [3.63, 3.8) is 0 Å². The molecule has 1 aromatic rings. The molecule has 0 aliphatic rings. The predicted molar refractivity (Wildman–Crippen MR) is 70.4 cm³/mol. The Morgan fingerprint density at radius 1 is 1.23 bits per heavy atom. The van der Waals surface area contributed by atoms with Gasteiger partial charge in [-0.05, 0) is 19.1 Å². The number of halogens is 3. The van der Waals surface area contributed by atoms with Crippen LogP contribution in [0.5, 0.6) is 11.5 Å². The van der Waals surface area contributed by atoms with E-state index in [1.54, 1.807) is 6.92 Å². The molecule has 120 valence electrons. The number of ether oxygens (including phenoxy) is 1. The molecule has 0 saturated heterocycles. The third kappa shape index (κ3) is 4.96. The fourth-order valence-electron chi connectivity index (χ4n) is 1.23. The maximum atomic E-state index is 12.3. The van der Waals surface area contributed by atoms with Crippen LogP contribution in [-0.4, -0.2) is 19.9 Å². The summed E-state index contributed by atoms with van der Waals surface area (Å²) in [5.74, 6) is 3.24. The quantitative estimate of drug-likeness (QED) is 0.272. The maximum absolute atomic E-state index is 12.3. The van der Waals surface area contributed by atoms with Gasteiger partial charge in [0, 0.05) is 6.42 Å². The van der Waals surface area contributed by atoms with Gasteiger partial charge in [0.1, 0.15) is 0 Å². The second kappa shape index (κ2) is 7.17. The van der Waals surface area contributed by atoms with Crippen LogP contribution in [0.1, 0.15) is 19.8 Å². The van der Waals surface area contributed by atoms with E-state index >= 15 is 0 Å². The van der Waals surface area contributed by atoms with E-state index in [0.717, 1.165) is 12.1 Å². The Morgan fingerprint density at radius 3 is 2.36 bits per heavy atom. The van der Waals surface area contributed by atoms with Crippen molar-refractivity contribution in [3.8, 4) is 23.3 Å². The van der Waals surface area contributed by atoms with E-state index in [9.17, 15) is 26.4 Å². The van der Waals surface area contributed by atoms with Gasteiger partial charge in [0.05, 0.1) is 6.42 Å². The SMILES string of the molecule is CC#CCCC(=O)Oc1ccccc1OS(=O)(=O)C(F)(F)F. The molecule has 0 heterocycles. The van der Waals surface area contributed by atoms with Crippen molar-refractivity contribution < 1.29 is 35.3 Å². The molecule has 9 heteroatoms. The van der Waals surface area contributed by atoms with E-state index in [-0.39, 0.29) is 12.8 Å². The van der Waals surface area contributed by atoms with Crippen molar-refractivity contribution in [1.29, 1.82) is 0 Å². The molecule has 5 nitrogen and oxygen atoms in total. The van der Waals surface area contributed by atoms with Crippen LogP contribution in [0.3, 0.4) is 0 Å². The van der Waals surface area contributed by atoms with Crippen LogP contribution in [0.4, 0.5) is 13.2 Å². The van der Waals surface area contributed by atoms with Crippen LogP contribution in [0.15, 0.2) is 24.3 Å². The van der Waals surface area contributed by atoms with Crippen LogP contribution in [0.2, 0.25) is 0 Å². The lowest BCUT2D eigenvalue weighted by atomic mass is 10.3. The number of esters is 1. The molecule has 22 heavy (non-hydrogen) atoms. The van der Waals surface area contributed by atoms with Gasteiger partial charge in [0.15, 0.2) is 11.5 Å². The van der Waals surface area contributed by atoms with E-state index in [4.69, 9.17) is 4.74 Å². The number of carbonyl (C=O) groups excluding carboxylic acids is 1. The van der Waals surface area contributed by atoms with Gasteiger partial charge in [-0.15, -0.1) is 11.8 Å². The van der Waals surface area contributed by atoms with E-state index in [1.165, 1.54) is 12.1 Å². The smallest absolute Gasteiger partial charge is 0.422 e. The van der Waals surface area contributed by atoms with E-state index in [0.29, 0.717) is 0 Å². The first-order valence-electron chi connectivity index (χ1n) is 5.87. The van der Waals surface area contributed by atoms with Crippen LogP contribution in [0.25, 0.3) is 0 Å². The van der Waals surface area contributed by atoms with Gasteiger partial charge >= 0.3 is 21.6 Å². The van der Waals surface area contributed by atoms with Crippen LogP contribution < -0.4 is 8.92 Å². The molecule has 0 fully saturated rings. The molecule has 0 unspecified atom stereocenters. The molecule has 0 radical (unpaired) electrons. The highest BCUT2D eigenvalue weighted by atomic mass is 32.2. The Balaban J connectivity index is 2.91. The summed E-state index contributed by atoms with van der Waals surface area (Å²) in [7, 11) is -5.84. The Bertz CT molecular complexity index is 698. The van der Waals surface area contributed by atoms with E-state index in [2.05, 4.69) is 16.0 Å². The van der Waals surface area contributed by atoms with E-state index < -0.39 is 33.1 Å². The molecule has 0 saturated carbocycles. The number of hydrogen-bond donors (Lipinski definition) is 0. The Kier molecular flexibility index (Phi) is 5.82. The van der Waals surface area contributed by atoms with E-state index in [1.807, 2.05) is 0 Å². The summed E-state index contributed by atoms with van der Waals surface area (Å²) in [5.41, 5.74) is -5.58. The summed E-state index contributed by atoms with van der Waals surface area (Å²) >= 11 is 0. The summed E-state index contributed by atoms with van der Waals surface area (Å²) in [6.45, 7) is 1.58. The molecular weight excluding hydrogens is 325 g/mol. The minimum Gasteiger partial charge on any atom is -0.422 e. The molecular formula is C13H11F3O5S. The zero-order valence-corrected chi connectivity index (χ0v) is 12.1. The average molecular weight is 336 g/mol. The third-order valence-corrected chi connectivity index (χ3v) is 3.15. The zero-order chi connectivity index (χ0) is 16.8. The summed E-state index contributed by atoms with van der Waals surface area (Å²) < 4.78 is 67.5. The van der Waals surface area contributed by atoms with Crippen molar-refractivity contribution in [2.75, 3.05) is 0 Å². The van der Waals surface area contributed by atoms with Crippen molar-refractivity contribution >= 4 is 16.1 Å². The largest absolute Gasteiger partial charge is 0.534 e. The third-order valence-electron chi connectivity index (χ3n) is 2.19. The second-order valence-corrected chi connectivity index (χ2v) is 5.37. The topological polar surface area (TPSA) is 69.7 Å². The summed E-state index contributed by atoms with van der Waals surface area (Å²) in [5, 5.41) is 0. The summed E-state index contributed by atoms with van der Waals surface area (Å²) in [4.78, 5) is 11.5. The fraction of sp³-hybridized carbons (Fsp3) is 0.308. The lowest BCUT2D eigenvalue weighted by Crippen LogP contribution is -2.28. The first kappa shape index (κ1) is 17.8. The van der Waals surface area contributed by atoms with Crippen molar-refractivity contribution in [1.82, 2.24) is 0 Å². The molecule has 0 spiro atoms. The lowest BCUT2D eigenvalue weighted by Gasteiger charge is -2.12. The monoisotopic (exact) mass is 336 g/mol. The Morgan fingerprint density at radius 2 is 1.82 bits per heavy atom. The van der Waals surface area contributed by atoms with Gasteiger partial charge in [-0.3, -0.25) is 4.79 Å². The average Bonchev–Trinajstić information content (AvgIpc) is 2.40. The normalized spacial score (nSPS) is 11.3. The van der Waals surface area contributed by atoms with Crippen molar-refractivity contribution in [2.24, 2.45) is 0 Å². The summed E-state index contributed by atoms with van der Waals surface area (Å²) in [6, 6.07) is 4.64. The Labute approximate surface area is 125 Å². The molecule has 1 aromatic carbocycles. The first-order chi connectivity index (χ1) is 10.2. The minimum absolute atomic E-state index is 0.0960. The van der Waals surface area contributed by atoms with Gasteiger partial charge < -0.3 is 8.92 Å². The number of carbonyl (C=O) groups is 1. The lowest BCUT2D eigenvalue weighted by molar-refractivity contribution is -0.134. The summed E-state index contributed by atoms with van der Waals surface area (Å²) in [6.07, 6.45) is 0.112. The fourth-order valence-corrected chi connectivity index (χ4v) is 1.70. The minimum atomic E-state index is -5.84. The number of rotatable bonds is 5. The second-order valence-electron chi connectivity index (χ2n) is 3.83. The van der Waals surface area contributed by atoms with Gasteiger partial charge in [0.25, 0.3) is 0 Å². The molecule has 0 N–H and O–H groups in total. The highest BCUT2D eigenvalue weighted by Gasteiger charge is 2.48. The molecule has 0 aliphatic heterocycles. The number of para-hydroxylation sites is 2. The Hall–Kier alpha value is -2.21. The molecule has 0 atom stereocenters. The molecule has 0 aliphatic carbocycles. The highest BCUT2D eigenvalue weighted by Crippen LogP contribution is 2.32. The van der Waals surface area contributed by atoms with Gasteiger partial charge in [0.2, 0.25) is 0 Å². The maximum Gasteiger partial charge on any atom is 0.534 e. The van der Waals surface area contributed by atoms with Gasteiger partial charge in [-0.1, -0.05) is 12.1 Å². The molecule has 0 amide bonds. The number of benzene rings is 1. The van der Waals surface area contributed by atoms with Crippen molar-refractivity contribution in [3.05, 3.63) is 24.3 Å². The van der Waals surface area contributed by atoms with Crippen molar-refractivity contribution in [2.45, 2.75) is 25.3 Å². The van der Waals surface area contributed by atoms with Gasteiger partial charge in [-0.2, -0.15) is 21.6 Å². The predicted octanol–water partition coefficient (Wildman–Crippen LogP) is 2.62. The number of hydrogen-bond acceptors (Lipinski definition) is 5. The number of alkyl halides is 3. The molecule has 1 rings (SSSR count). The standard InChI is InChI=1S/C13H11F3O5S/c1-2-3-4-9-12(17)20-10-7-5-6-8-11(10)21-22(18,19)13(14,15)16/h5-8H,4,9H2,1H3. The molecule has 0 aromatic heterocycles. The molecule has 0 bridgehead atoms.